The molecular weight excluding hydrogens is 236 g/mol. The van der Waals surface area contributed by atoms with E-state index >= 15 is 0 Å². The molecular formula is C13H16O5. The maximum absolute atomic E-state index is 11.3. The number of rotatable bonds is 6. The zero-order chi connectivity index (χ0) is 13.8. The summed E-state index contributed by atoms with van der Waals surface area (Å²) in [6, 6.07) is 4.42. The molecule has 5 nitrogen and oxygen atoms in total. The summed E-state index contributed by atoms with van der Waals surface area (Å²) in [5.74, 6) is -0.680. The molecule has 0 bridgehead atoms. The normalized spacial score (nSPS) is 13.7. The van der Waals surface area contributed by atoms with Gasteiger partial charge in [0.05, 0.1) is 24.7 Å². The van der Waals surface area contributed by atoms with Gasteiger partial charge in [-0.3, -0.25) is 0 Å². The first kappa shape index (κ1) is 14.2. The lowest BCUT2D eigenvalue weighted by molar-refractivity contribution is -0.113. The molecule has 0 heterocycles. The number of aldehydes is 1. The van der Waals surface area contributed by atoms with Crippen molar-refractivity contribution in [2.24, 2.45) is 0 Å². The molecule has 0 aliphatic carbocycles. The van der Waals surface area contributed by atoms with Gasteiger partial charge >= 0.3 is 5.97 Å². The Morgan fingerprint density at radius 3 is 2.56 bits per heavy atom. The molecule has 18 heavy (non-hydrogen) atoms. The predicted molar refractivity (Wildman–Crippen MR) is 65.2 cm³/mol. The van der Waals surface area contributed by atoms with Crippen molar-refractivity contribution < 1.29 is 24.2 Å². The molecule has 0 aromatic heterocycles. The maximum atomic E-state index is 11.3. The molecule has 1 aromatic carbocycles. The fraction of sp³-hybridized carbons (Fsp3) is 0.385. The van der Waals surface area contributed by atoms with Crippen LogP contribution in [0.4, 0.5) is 0 Å². The van der Waals surface area contributed by atoms with Crippen LogP contribution in [0.5, 0.6) is 5.75 Å². The van der Waals surface area contributed by atoms with E-state index in [1.54, 1.807) is 13.0 Å². The Morgan fingerprint density at radius 2 is 2.11 bits per heavy atom. The van der Waals surface area contributed by atoms with Crippen LogP contribution in [-0.4, -0.2) is 38.2 Å². The predicted octanol–water partition coefficient (Wildman–Crippen LogP) is 1.50. The molecule has 1 atom stereocenters. The van der Waals surface area contributed by atoms with Gasteiger partial charge in [-0.25, -0.2) is 4.79 Å². The van der Waals surface area contributed by atoms with Gasteiger partial charge in [0.1, 0.15) is 12.0 Å². The number of aromatic carboxylic acids is 1. The number of methoxy groups -OCH3 is 2. The lowest BCUT2D eigenvalue weighted by atomic mass is 9.83. The van der Waals surface area contributed by atoms with E-state index in [0.717, 1.165) is 6.29 Å². The number of carboxylic acids is 1. The van der Waals surface area contributed by atoms with E-state index in [4.69, 9.17) is 14.6 Å². The molecule has 1 rings (SSSR count). The van der Waals surface area contributed by atoms with Crippen LogP contribution < -0.4 is 4.74 Å². The van der Waals surface area contributed by atoms with Gasteiger partial charge < -0.3 is 19.4 Å². The molecule has 0 amide bonds. The molecule has 98 valence electrons. The molecule has 5 heteroatoms. The Hall–Kier alpha value is -1.88. The summed E-state index contributed by atoms with van der Waals surface area (Å²) in [5.41, 5.74) is -0.148. The van der Waals surface area contributed by atoms with Crippen molar-refractivity contribution in [2.45, 2.75) is 12.3 Å². The van der Waals surface area contributed by atoms with Gasteiger partial charge in [-0.05, 0) is 19.1 Å². The monoisotopic (exact) mass is 252 g/mol. The molecule has 1 aromatic rings. The zero-order valence-corrected chi connectivity index (χ0v) is 10.6. The number of benzene rings is 1. The summed E-state index contributed by atoms with van der Waals surface area (Å²) in [5, 5.41) is 8.91. The second-order valence-corrected chi connectivity index (χ2v) is 4.19. The average molecular weight is 252 g/mol. The first-order chi connectivity index (χ1) is 8.48. The summed E-state index contributed by atoms with van der Waals surface area (Å²) >= 11 is 0. The van der Waals surface area contributed by atoms with E-state index in [9.17, 15) is 9.59 Å². The van der Waals surface area contributed by atoms with Crippen LogP contribution in [0.15, 0.2) is 18.2 Å². The minimum absolute atomic E-state index is 0.112. The van der Waals surface area contributed by atoms with Gasteiger partial charge in [0.25, 0.3) is 0 Å². The fourth-order valence-electron chi connectivity index (χ4n) is 1.77. The van der Waals surface area contributed by atoms with Crippen molar-refractivity contribution in [3.63, 3.8) is 0 Å². The van der Waals surface area contributed by atoms with Crippen molar-refractivity contribution in [2.75, 3.05) is 20.8 Å². The Morgan fingerprint density at radius 1 is 1.44 bits per heavy atom. The van der Waals surface area contributed by atoms with Crippen molar-refractivity contribution in [3.05, 3.63) is 29.3 Å². The summed E-state index contributed by atoms with van der Waals surface area (Å²) in [6.45, 7) is 1.90. The Bertz CT molecular complexity index is 455. The minimum Gasteiger partial charge on any atom is -0.496 e. The van der Waals surface area contributed by atoms with Crippen LogP contribution in [0, 0.1) is 0 Å². The first-order valence-electron chi connectivity index (χ1n) is 5.35. The highest BCUT2D eigenvalue weighted by Crippen LogP contribution is 2.31. The molecule has 0 spiro atoms. The van der Waals surface area contributed by atoms with Crippen molar-refractivity contribution in [1.82, 2.24) is 0 Å². The molecule has 1 N–H and O–H groups in total. The molecule has 0 radical (unpaired) electrons. The molecule has 0 aliphatic heterocycles. The van der Waals surface area contributed by atoms with Crippen LogP contribution in [0.3, 0.4) is 0 Å². The summed E-state index contributed by atoms with van der Waals surface area (Å²) < 4.78 is 10.2. The summed E-state index contributed by atoms with van der Waals surface area (Å²) in [4.78, 5) is 22.1. The number of hydrogen-bond acceptors (Lipinski definition) is 4. The van der Waals surface area contributed by atoms with E-state index in [0.29, 0.717) is 11.3 Å². The van der Waals surface area contributed by atoms with E-state index in [-0.39, 0.29) is 12.2 Å². The number of ether oxygens (including phenoxy) is 2. The van der Waals surface area contributed by atoms with Crippen LogP contribution in [-0.2, 0) is 14.9 Å². The third-order valence-electron chi connectivity index (χ3n) is 2.77. The lowest BCUT2D eigenvalue weighted by Crippen LogP contribution is -2.30. The van der Waals surface area contributed by atoms with Gasteiger partial charge in [0.2, 0.25) is 0 Å². The number of carbonyl (C=O) groups excluding carboxylic acids is 1. The SMILES string of the molecule is COCC(C)(C=O)c1ccc(C(=O)O)cc1OC. The zero-order valence-electron chi connectivity index (χ0n) is 10.6. The van der Waals surface area contributed by atoms with Crippen molar-refractivity contribution in [3.8, 4) is 5.75 Å². The third kappa shape index (κ3) is 2.68. The molecule has 0 saturated heterocycles. The van der Waals surface area contributed by atoms with Crippen LogP contribution in [0.2, 0.25) is 0 Å². The topological polar surface area (TPSA) is 72.8 Å². The Labute approximate surface area is 105 Å². The largest absolute Gasteiger partial charge is 0.496 e. The minimum atomic E-state index is -1.04. The molecule has 1 unspecified atom stereocenters. The summed E-state index contributed by atoms with van der Waals surface area (Å²) in [6.07, 6.45) is 0.773. The van der Waals surface area contributed by atoms with Gasteiger partial charge in [-0.1, -0.05) is 6.07 Å². The lowest BCUT2D eigenvalue weighted by Gasteiger charge is -2.24. The molecule has 0 aliphatic rings. The van der Waals surface area contributed by atoms with E-state index < -0.39 is 11.4 Å². The van der Waals surface area contributed by atoms with E-state index in [1.807, 2.05) is 0 Å². The molecule has 0 fully saturated rings. The van der Waals surface area contributed by atoms with Crippen LogP contribution >= 0.6 is 0 Å². The van der Waals surface area contributed by atoms with Crippen LogP contribution in [0.1, 0.15) is 22.8 Å². The third-order valence-corrected chi connectivity index (χ3v) is 2.77. The number of carboxylic acid groups (broad SMARTS) is 1. The second-order valence-electron chi connectivity index (χ2n) is 4.19. The average Bonchev–Trinajstić information content (AvgIpc) is 2.38. The highest BCUT2D eigenvalue weighted by atomic mass is 16.5. The van der Waals surface area contributed by atoms with E-state index in [2.05, 4.69) is 0 Å². The van der Waals surface area contributed by atoms with Crippen LogP contribution in [0.25, 0.3) is 0 Å². The highest BCUT2D eigenvalue weighted by molar-refractivity contribution is 5.88. The quantitative estimate of drug-likeness (QED) is 0.777. The smallest absolute Gasteiger partial charge is 0.335 e. The Kier molecular flexibility index (Phi) is 4.44. The number of carbonyl (C=O) groups is 2. The van der Waals surface area contributed by atoms with E-state index in [1.165, 1.54) is 26.4 Å². The maximum Gasteiger partial charge on any atom is 0.335 e. The standard InChI is InChI=1S/C13H16O5/c1-13(7-14,8-17-2)10-5-4-9(12(15)16)6-11(10)18-3/h4-7H,8H2,1-3H3,(H,15,16). The van der Waals surface area contributed by atoms with Crippen molar-refractivity contribution >= 4 is 12.3 Å². The Balaban J connectivity index is 3.31. The van der Waals surface area contributed by atoms with Gasteiger partial charge in [-0.15, -0.1) is 0 Å². The highest BCUT2D eigenvalue weighted by Gasteiger charge is 2.30. The fourth-order valence-corrected chi connectivity index (χ4v) is 1.77. The second kappa shape index (κ2) is 5.64. The number of hydrogen-bond donors (Lipinski definition) is 1. The summed E-state index contributed by atoms with van der Waals surface area (Å²) in [7, 11) is 2.93. The van der Waals surface area contributed by atoms with Gasteiger partial charge in [0, 0.05) is 12.7 Å². The molecule has 0 saturated carbocycles. The van der Waals surface area contributed by atoms with Gasteiger partial charge in [-0.2, -0.15) is 0 Å². The first-order valence-corrected chi connectivity index (χ1v) is 5.35. The van der Waals surface area contributed by atoms with Crippen molar-refractivity contribution in [1.29, 1.82) is 0 Å². The van der Waals surface area contributed by atoms with Gasteiger partial charge in [0.15, 0.2) is 0 Å².